The molecule has 1 aromatic carbocycles. The van der Waals surface area contributed by atoms with Gasteiger partial charge in [0.25, 0.3) is 0 Å². The quantitative estimate of drug-likeness (QED) is 0.446. The summed E-state index contributed by atoms with van der Waals surface area (Å²) in [5, 5.41) is 1.31. The molecule has 114 valence electrons. The fraction of sp³-hybridized carbons (Fsp3) is 0.222. The molecule has 1 aromatic heterocycles. The molecular formula is C18H19Cl2NTi. The number of allylic oxidation sites excluding steroid dienone is 6. The number of fused-ring (bicyclic) bond motifs is 1. The Bertz CT molecular complexity index is 663. The molecule has 1 N–H and O–H groups in total. The number of hydrogen-bond donors (Lipinski definition) is 1. The van der Waals surface area contributed by atoms with Crippen molar-refractivity contribution in [3.63, 3.8) is 0 Å². The van der Waals surface area contributed by atoms with Gasteiger partial charge in [0.15, 0.2) is 0 Å². The van der Waals surface area contributed by atoms with Crippen LogP contribution in [-0.2, 0) is 21.7 Å². The van der Waals surface area contributed by atoms with E-state index in [2.05, 4.69) is 69.2 Å². The molecule has 2 aromatic rings. The van der Waals surface area contributed by atoms with E-state index in [0.29, 0.717) is 0 Å². The van der Waals surface area contributed by atoms with Gasteiger partial charge in [-0.3, -0.25) is 0 Å². The standard InChI is InChI=1S/C10H10N.C8H9.2ClH.Ti/c1-7-4-3-5-9-10(7)8(2)6-11-9;1-7(2)8-5-3-4-6-8;;;/h3-5,11H,1-2H3;3-5H,1-2H3;2*1H;/q2*-1;;;+4/p-2. The van der Waals surface area contributed by atoms with Gasteiger partial charge in [-0.05, 0) is 0 Å². The molecule has 1 aliphatic rings. The third-order valence-electron chi connectivity index (χ3n) is 3.17. The minimum Gasteiger partial charge on any atom is -1.00 e. The van der Waals surface area contributed by atoms with Crippen LogP contribution in [0.15, 0.2) is 47.6 Å². The number of aromatic amines is 1. The van der Waals surface area contributed by atoms with Crippen molar-refractivity contribution in [2.24, 2.45) is 0 Å². The van der Waals surface area contributed by atoms with Crippen LogP contribution in [0.1, 0.15) is 25.0 Å². The monoisotopic (exact) mass is 367 g/mol. The number of benzene rings is 1. The van der Waals surface area contributed by atoms with Gasteiger partial charge in [-0.1, -0.05) is 39.8 Å². The number of H-pyrrole nitrogens is 1. The zero-order valence-corrected chi connectivity index (χ0v) is 16.3. The predicted molar refractivity (Wildman–Crippen MR) is 81.9 cm³/mol. The Morgan fingerprint density at radius 2 is 1.77 bits per heavy atom. The maximum atomic E-state index is 3.10. The Labute approximate surface area is 160 Å². The Morgan fingerprint density at radius 3 is 2.23 bits per heavy atom. The molecule has 4 heteroatoms. The van der Waals surface area contributed by atoms with Gasteiger partial charge in [0.05, 0.1) is 0 Å². The molecule has 0 aliphatic heterocycles. The molecule has 1 heterocycles. The zero-order valence-electron chi connectivity index (χ0n) is 13.2. The molecule has 0 spiro atoms. The predicted octanol–water partition coefficient (Wildman–Crippen LogP) is -1.16. The van der Waals surface area contributed by atoms with Crippen LogP contribution in [0.2, 0.25) is 0 Å². The molecule has 22 heavy (non-hydrogen) atoms. The number of aryl methyl sites for hydroxylation is 2. The number of halogens is 2. The van der Waals surface area contributed by atoms with E-state index in [1.54, 1.807) is 0 Å². The summed E-state index contributed by atoms with van der Waals surface area (Å²) in [7, 11) is 0. The van der Waals surface area contributed by atoms with Gasteiger partial charge >= 0.3 is 21.7 Å². The summed E-state index contributed by atoms with van der Waals surface area (Å²) in [6.45, 7) is 8.38. The van der Waals surface area contributed by atoms with E-state index in [-0.39, 0.29) is 46.5 Å². The van der Waals surface area contributed by atoms with Crippen molar-refractivity contribution in [2.45, 2.75) is 27.7 Å². The molecule has 0 atom stereocenters. The first-order valence-corrected chi connectivity index (χ1v) is 6.49. The van der Waals surface area contributed by atoms with Crippen molar-refractivity contribution in [2.75, 3.05) is 0 Å². The van der Waals surface area contributed by atoms with Gasteiger partial charge in [-0.2, -0.15) is 29.4 Å². The van der Waals surface area contributed by atoms with Crippen LogP contribution in [0.5, 0.6) is 0 Å². The topological polar surface area (TPSA) is 15.8 Å². The maximum absolute atomic E-state index is 3.10. The van der Waals surface area contributed by atoms with Crippen LogP contribution in [0, 0.1) is 26.1 Å². The smallest absolute Gasteiger partial charge is 1.00 e. The van der Waals surface area contributed by atoms with Crippen molar-refractivity contribution in [1.29, 1.82) is 0 Å². The molecule has 0 saturated heterocycles. The first kappa shape index (κ1) is 23.5. The Morgan fingerprint density at radius 1 is 1.09 bits per heavy atom. The van der Waals surface area contributed by atoms with Crippen LogP contribution in [0.3, 0.4) is 0 Å². The van der Waals surface area contributed by atoms with E-state index in [9.17, 15) is 0 Å². The second-order valence-electron chi connectivity index (χ2n) is 4.96. The van der Waals surface area contributed by atoms with Crippen LogP contribution in [-0.4, -0.2) is 4.98 Å². The summed E-state index contributed by atoms with van der Waals surface area (Å²) in [6, 6.07) is 6.25. The average Bonchev–Trinajstić information content (AvgIpc) is 3.00. The van der Waals surface area contributed by atoms with Gasteiger partial charge in [-0.15, -0.1) is 40.4 Å². The van der Waals surface area contributed by atoms with Gasteiger partial charge < -0.3 is 29.8 Å². The summed E-state index contributed by atoms with van der Waals surface area (Å²) in [5.41, 5.74) is 6.26. The molecule has 0 saturated carbocycles. The third-order valence-corrected chi connectivity index (χ3v) is 3.17. The van der Waals surface area contributed by atoms with Gasteiger partial charge in [0.2, 0.25) is 0 Å². The zero-order chi connectivity index (χ0) is 13.8. The molecule has 0 unspecified atom stereocenters. The van der Waals surface area contributed by atoms with Crippen LogP contribution in [0.4, 0.5) is 0 Å². The molecule has 0 bridgehead atoms. The molecule has 3 rings (SSSR count). The van der Waals surface area contributed by atoms with Crippen molar-refractivity contribution >= 4 is 10.9 Å². The second-order valence-corrected chi connectivity index (χ2v) is 4.96. The summed E-state index contributed by atoms with van der Waals surface area (Å²) in [5.74, 6) is 0. The van der Waals surface area contributed by atoms with Crippen molar-refractivity contribution in [1.82, 2.24) is 4.98 Å². The average molecular weight is 368 g/mol. The SMILES string of the molecule is CC(C)=C1[C-]=CC=C1.Cc1[c-][nH]c2cccc(C)c12.[Cl-].[Cl-].[Ti+4]. The molecule has 0 fully saturated rings. The van der Waals surface area contributed by atoms with Gasteiger partial charge in [0, 0.05) is 0 Å². The van der Waals surface area contributed by atoms with Crippen molar-refractivity contribution < 1.29 is 46.5 Å². The van der Waals surface area contributed by atoms with Gasteiger partial charge in [0.1, 0.15) is 0 Å². The first-order chi connectivity index (χ1) is 9.09. The molecule has 1 nitrogen and oxygen atoms in total. The normalized spacial score (nSPS) is 11.0. The van der Waals surface area contributed by atoms with E-state index in [4.69, 9.17) is 0 Å². The molecule has 1 aliphatic carbocycles. The minimum absolute atomic E-state index is 0. The summed E-state index contributed by atoms with van der Waals surface area (Å²) in [6.07, 6.45) is 12.2. The Kier molecular flexibility index (Phi) is 11.7. The van der Waals surface area contributed by atoms with E-state index >= 15 is 0 Å². The third kappa shape index (κ3) is 5.81. The van der Waals surface area contributed by atoms with E-state index in [1.807, 2.05) is 12.2 Å². The van der Waals surface area contributed by atoms with Gasteiger partial charge in [-0.25, -0.2) is 0 Å². The van der Waals surface area contributed by atoms with Crippen molar-refractivity contribution in [3.8, 4) is 0 Å². The maximum Gasteiger partial charge on any atom is 4.00 e. The van der Waals surface area contributed by atoms with E-state index in [1.165, 1.54) is 33.2 Å². The van der Waals surface area contributed by atoms with Crippen LogP contribution >= 0.6 is 0 Å². The number of rotatable bonds is 0. The molecule has 0 radical (unpaired) electrons. The number of hydrogen-bond acceptors (Lipinski definition) is 0. The Hall–Kier alpha value is -0.726. The summed E-state index contributed by atoms with van der Waals surface area (Å²) in [4.78, 5) is 3.10. The summed E-state index contributed by atoms with van der Waals surface area (Å²) >= 11 is 0. The van der Waals surface area contributed by atoms with E-state index in [0.717, 1.165) is 0 Å². The number of aromatic nitrogens is 1. The molecular weight excluding hydrogens is 349 g/mol. The summed E-state index contributed by atoms with van der Waals surface area (Å²) < 4.78 is 0. The number of nitrogens with one attached hydrogen (secondary N) is 1. The Balaban J connectivity index is 0. The minimum atomic E-state index is 0. The van der Waals surface area contributed by atoms with Crippen LogP contribution < -0.4 is 24.8 Å². The second kappa shape index (κ2) is 10.9. The fourth-order valence-electron chi connectivity index (χ4n) is 2.13. The largest absolute Gasteiger partial charge is 4.00 e. The van der Waals surface area contributed by atoms with Crippen LogP contribution in [0.25, 0.3) is 10.9 Å². The van der Waals surface area contributed by atoms with Crippen molar-refractivity contribution in [3.05, 3.63) is 71.0 Å². The first-order valence-electron chi connectivity index (χ1n) is 6.49. The molecule has 0 amide bonds. The fourth-order valence-corrected chi connectivity index (χ4v) is 2.13. The van der Waals surface area contributed by atoms with E-state index < -0.39 is 0 Å².